The lowest BCUT2D eigenvalue weighted by Gasteiger charge is -2.22. The molecule has 0 radical (unpaired) electrons. The molecule has 1 aliphatic rings. The van der Waals surface area contributed by atoms with Crippen LogP contribution in [0.2, 0.25) is 0 Å². The summed E-state index contributed by atoms with van der Waals surface area (Å²) < 4.78 is 11.7. The van der Waals surface area contributed by atoms with Crippen LogP contribution < -0.4 is 20.3 Å². The van der Waals surface area contributed by atoms with Gasteiger partial charge in [-0.3, -0.25) is 4.79 Å². The van der Waals surface area contributed by atoms with E-state index >= 15 is 0 Å². The number of hydrogen-bond donors (Lipinski definition) is 2. The zero-order chi connectivity index (χ0) is 23.9. The second-order valence-corrected chi connectivity index (χ2v) is 8.23. The number of ether oxygens (including phenoxy) is 2. The third-order valence-electron chi connectivity index (χ3n) is 6.00. The van der Waals surface area contributed by atoms with Crippen LogP contribution >= 0.6 is 0 Å². The van der Waals surface area contributed by atoms with Gasteiger partial charge in [0.15, 0.2) is 11.5 Å². The minimum Gasteiger partial charge on any atom is -0.493 e. The molecule has 0 unspecified atom stereocenters. The summed E-state index contributed by atoms with van der Waals surface area (Å²) in [4.78, 5) is 16.0. The molecule has 5 nitrogen and oxygen atoms in total. The number of aromatic amines is 1. The third kappa shape index (κ3) is 5.37. The summed E-state index contributed by atoms with van der Waals surface area (Å²) in [7, 11) is 1.63. The number of fused-ring (bicyclic) bond motifs is 1. The standard InChI is InChI=1S/C25H34N2O3.C2H6/c1-7-9-10-13-30-23-21-19(14-16(3)22(23)29-6)15-20(24(28)26-21)18(5)27-25(11-12-25)17(4)8-2;1-2/h14-15,27H,4-5,7-13H2,1-3,6H3,(H,26,28);1-2H3. The van der Waals surface area contributed by atoms with Crippen LogP contribution in [0.1, 0.15) is 77.3 Å². The molecule has 1 aromatic heterocycles. The summed E-state index contributed by atoms with van der Waals surface area (Å²) in [6.45, 7) is 19.2. The van der Waals surface area contributed by atoms with Crippen LogP contribution in [0.25, 0.3) is 16.6 Å². The Balaban J connectivity index is 0.00000176. The minimum atomic E-state index is -0.192. The number of H-pyrrole nitrogens is 1. The summed E-state index contributed by atoms with van der Waals surface area (Å²) in [6, 6.07) is 3.90. The van der Waals surface area contributed by atoms with Gasteiger partial charge >= 0.3 is 0 Å². The molecule has 1 aromatic carbocycles. The monoisotopic (exact) mass is 440 g/mol. The normalized spacial score (nSPS) is 13.7. The number of rotatable bonds is 11. The first-order valence-electron chi connectivity index (χ1n) is 11.9. The van der Waals surface area contributed by atoms with Gasteiger partial charge in [0, 0.05) is 11.1 Å². The minimum absolute atomic E-state index is 0.114. The molecule has 1 fully saturated rings. The van der Waals surface area contributed by atoms with Crippen molar-refractivity contribution < 1.29 is 9.47 Å². The lowest BCUT2D eigenvalue weighted by molar-refractivity contribution is 0.288. The van der Waals surface area contributed by atoms with Crippen molar-refractivity contribution in [1.82, 2.24) is 10.3 Å². The Bertz CT molecular complexity index is 1020. The van der Waals surface area contributed by atoms with Crippen LogP contribution in [-0.2, 0) is 0 Å². The Morgan fingerprint density at radius 1 is 1.16 bits per heavy atom. The molecule has 0 amide bonds. The Labute approximate surface area is 192 Å². The van der Waals surface area contributed by atoms with Gasteiger partial charge in [0.1, 0.15) is 0 Å². The average Bonchev–Trinajstić information content (AvgIpc) is 3.57. The summed E-state index contributed by atoms with van der Waals surface area (Å²) >= 11 is 0. The fraction of sp³-hybridized carbons (Fsp3) is 0.519. The lowest BCUT2D eigenvalue weighted by atomic mass is 10.0. The third-order valence-corrected chi connectivity index (χ3v) is 6.00. The van der Waals surface area contributed by atoms with E-state index in [1.807, 2.05) is 32.9 Å². The maximum atomic E-state index is 13.0. The summed E-state index contributed by atoms with van der Waals surface area (Å²) in [5.41, 5.74) is 3.64. The van der Waals surface area contributed by atoms with Crippen LogP contribution in [0.15, 0.2) is 35.7 Å². The summed E-state index contributed by atoms with van der Waals surface area (Å²) in [6.07, 6.45) is 6.14. The molecule has 0 bridgehead atoms. The molecule has 0 aliphatic heterocycles. The zero-order valence-corrected chi connectivity index (χ0v) is 20.7. The molecule has 1 saturated carbocycles. The van der Waals surface area contributed by atoms with Gasteiger partial charge in [0.2, 0.25) is 0 Å². The molecular weight excluding hydrogens is 400 g/mol. The largest absolute Gasteiger partial charge is 0.493 e. The Morgan fingerprint density at radius 3 is 2.41 bits per heavy atom. The van der Waals surface area contributed by atoms with Crippen molar-refractivity contribution in [1.29, 1.82) is 0 Å². The highest BCUT2D eigenvalue weighted by molar-refractivity contribution is 5.90. The van der Waals surface area contributed by atoms with Crippen molar-refractivity contribution in [3.8, 4) is 11.5 Å². The van der Waals surface area contributed by atoms with Gasteiger partial charge < -0.3 is 19.8 Å². The van der Waals surface area contributed by atoms with E-state index in [-0.39, 0.29) is 11.1 Å². The summed E-state index contributed by atoms with van der Waals surface area (Å²) in [5.74, 6) is 1.26. The van der Waals surface area contributed by atoms with Gasteiger partial charge in [-0.25, -0.2) is 0 Å². The number of nitrogens with one attached hydrogen (secondary N) is 2. The van der Waals surface area contributed by atoms with Gasteiger partial charge in [0.05, 0.1) is 30.3 Å². The van der Waals surface area contributed by atoms with E-state index in [1.165, 1.54) is 0 Å². The average molecular weight is 441 g/mol. The molecule has 0 atom stereocenters. The smallest absolute Gasteiger partial charge is 0.257 e. The van der Waals surface area contributed by atoms with Crippen molar-refractivity contribution in [3.05, 3.63) is 52.3 Å². The predicted molar refractivity (Wildman–Crippen MR) is 136 cm³/mol. The van der Waals surface area contributed by atoms with Crippen molar-refractivity contribution in [2.24, 2.45) is 0 Å². The first kappa shape index (κ1) is 25.6. The van der Waals surface area contributed by atoms with Crippen molar-refractivity contribution >= 4 is 16.6 Å². The van der Waals surface area contributed by atoms with Crippen molar-refractivity contribution in [2.75, 3.05) is 13.7 Å². The van der Waals surface area contributed by atoms with Crippen LogP contribution in [0, 0.1) is 6.92 Å². The molecule has 2 aromatic rings. The van der Waals surface area contributed by atoms with Gasteiger partial charge in [-0.15, -0.1) is 0 Å². The number of unbranched alkanes of at least 4 members (excludes halogenated alkanes) is 2. The van der Waals surface area contributed by atoms with E-state index in [9.17, 15) is 4.79 Å². The van der Waals surface area contributed by atoms with E-state index < -0.39 is 0 Å². The molecule has 3 rings (SSSR count). The van der Waals surface area contributed by atoms with Gasteiger partial charge in [-0.05, 0) is 50.3 Å². The second kappa shape index (κ2) is 11.3. The highest BCUT2D eigenvalue weighted by atomic mass is 16.5. The molecule has 1 heterocycles. The topological polar surface area (TPSA) is 63.4 Å². The summed E-state index contributed by atoms with van der Waals surface area (Å²) in [5, 5.41) is 4.37. The van der Waals surface area contributed by atoms with Gasteiger partial charge in [0.25, 0.3) is 5.56 Å². The first-order chi connectivity index (χ1) is 15.4. The quantitative estimate of drug-likeness (QED) is 0.309. The van der Waals surface area contributed by atoms with Crippen LogP contribution in [0.3, 0.4) is 0 Å². The van der Waals surface area contributed by atoms with Crippen LogP contribution in [0.5, 0.6) is 11.5 Å². The van der Waals surface area contributed by atoms with E-state index in [0.717, 1.165) is 55.0 Å². The number of aryl methyl sites for hydroxylation is 1. The fourth-order valence-electron chi connectivity index (χ4n) is 3.97. The lowest BCUT2D eigenvalue weighted by Crippen LogP contribution is -2.32. The van der Waals surface area contributed by atoms with Crippen LogP contribution in [0.4, 0.5) is 0 Å². The number of methoxy groups -OCH3 is 1. The Hall–Kier alpha value is -2.69. The fourth-order valence-corrected chi connectivity index (χ4v) is 3.97. The Morgan fingerprint density at radius 2 is 1.84 bits per heavy atom. The molecule has 5 heteroatoms. The molecule has 0 spiro atoms. The molecule has 2 N–H and O–H groups in total. The number of pyridine rings is 1. The first-order valence-corrected chi connectivity index (χ1v) is 11.9. The van der Waals surface area contributed by atoms with Crippen LogP contribution in [-0.4, -0.2) is 24.2 Å². The highest BCUT2D eigenvalue weighted by Crippen LogP contribution is 2.44. The van der Waals surface area contributed by atoms with E-state index in [4.69, 9.17) is 9.47 Å². The number of hydrogen-bond acceptors (Lipinski definition) is 4. The van der Waals surface area contributed by atoms with E-state index in [0.29, 0.717) is 34.9 Å². The van der Waals surface area contributed by atoms with Gasteiger partial charge in [-0.1, -0.05) is 59.3 Å². The van der Waals surface area contributed by atoms with Crippen molar-refractivity contribution in [3.63, 3.8) is 0 Å². The number of aromatic nitrogens is 1. The highest BCUT2D eigenvalue weighted by Gasteiger charge is 2.44. The Kier molecular flexibility index (Phi) is 8.99. The maximum absolute atomic E-state index is 13.0. The molecule has 1 aliphatic carbocycles. The zero-order valence-electron chi connectivity index (χ0n) is 20.7. The van der Waals surface area contributed by atoms with Crippen molar-refractivity contribution in [2.45, 2.75) is 78.7 Å². The molecule has 176 valence electrons. The molecular formula is C27H40N2O3. The SMILES string of the molecule is C=C(NC1(C(=C)CC)CC1)c1cc2cc(C)c(OC)c(OCCCCC)c2[nH]c1=O.CC. The predicted octanol–water partition coefficient (Wildman–Crippen LogP) is 6.50. The van der Waals surface area contributed by atoms with E-state index in [1.54, 1.807) is 7.11 Å². The van der Waals surface area contributed by atoms with Gasteiger partial charge in [-0.2, -0.15) is 0 Å². The number of benzene rings is 1. The second-order valence-electron chi connectivity index (χ2n) is 8.23. The van der Waals surface area contributed by atoms with E-state index in [2.05, 4.69) is 37.3 Å². The maximum Gasteiger partial charge on any atom is 0.257 e. The molecule has 32 heavy (non-hydrogen) atoms. The molecule has 0 saturated heterocycles.